The minimum absolute atomic E-state index is 0.584. The maximum atomic E-state index is 10.6. The van der Waals surface area contributed by atoms with Crippen LogP contribution in [0.3, 0.4) is 0 Å². The van der Waals surface area contributed by atoms with Crippen molar-refractivity contribution in [1.82, 2.24) is 4.98 Å². The summed E-state index contributed by atoms with van der Waals surface area (Å²) in [6, 6.07) is 8.12. The normalized spacial score (nSPS) is 12.5. The molecule has 100 valence electrons. The summed E-state index contributed by atoms with van der Waals surface area (Å²) in [4.78, 5) is 4.35. The molecule has 2 heteroatoms. The Morgan fingerprint density at radius 1 is 0.789 bits per heavy atom. The van der Waals surface area contributed by atoms with Gasteiger partial charge < -0.3 is 5.11 Å². The van der Waals surface area contributed by atoms with Crippen molar-refractivity contribution in [3.05, 3.63) is 63.5 Å². The molecule has 1 aromatic carbocycles. The summed E-state index contributed by atoms with van der Waals surface area (Å²) in [5, 5.41) is 10.6. The quantitative estimate of drug-likeness (QED) is 0.887. The predicted molar refractivity (Wildman–Crippen MR) is 78.4 cm³/mol. The van der Waals surface area contributed by atoms with Crippen molar-refractivity contribution in [3.8, 4) is 0 Å². The first kappa shape index (κ1) is 13.8. The average molecular weight is 255 g/mol. The topological polar surface area (TPSA) is 33.1 Å². The number of pyridine rings is 1. The van der Waals surface area contributed by atoms with Crippen molar-refractivity contribution >= 4 is 0 Å². The summed E-state index contributed by atoms with van der Waals surface area (Å²) < 4.78 is 0. The molecule has 0 aliphatic heterocycles. The van der Waals surface area contributed by atoms with Crippen LogP contribution in [0.4, 0.5) is 0 Å². The predicted octanol–water partition coefficient (Wildman–Crippen LogP) is 3.71. The van der Waals surface area contributed by atoms with Gasteiger partial charge in [-0.05, 0) is 74.6 Å². The van der Waals surface area contributed by atoms with Gasteiger partial charge in [0.15, 0.2) is 0 Å². The van der Waals surface area contributed by atoms with Crippen LogP contribution in [-0.2, 0) is 0 Å². The van der Waals surface area contributed by atoms with Crippen LogP contribution in [0.5, 0.6) is 0 Å². The highest BCUT2D eigenvalue weighted by Crippen LogP contribution is 2.27. The summed E-state index contributed by atoms with van der Waals surface area (Å²) in [7, 11) is 0. The molecule has 1 atom stereocenters. The third-order valence-corrected chi connectivity index (χ3v) is 3.60. The Bertz CT molecular complexity index is 597. The maximum Gasteiger partial charge on any atom is 0.104 e. The van der Waals surface area contributed by atoms with Crippen LogP contribution in [-0.4, -0.2) is 10.1 Å². The first-order valence-corrected chi connectivity index (χ1v) is 6.59. The molecular weight excluding hydrogens is 234 g/mol. The van der Waals surface area contributed by atoms with E-state index in [1.54, 1.807) is 0 Å². The van der Waals surface area contributed by atoms with Crippen molar-refractivity contribution in [2.24, 2.45) is 0 Å². The summed E-state index contributed by atoms with van der Waals surface area (Å²) in [6.07, 6.45) is -0.584. The smallest absolute Gasteiger partial charge is 0.104 e. The molecule has 2 rings (SSSR count). The molecule has 0 saturated heterocycles. The van der Waals surface area contributed by atoms with E-state index in [0.717, 1.165) is 28.1 Å². The third-order valence-electron chi connectivity index (χ3n) is 3.60. The van der Waals surface area contributed by atoms with Gasteiger partial charge in [0.2, 0.25) is 0 Å². The van der Waals surface area contributed by atoms with Crippen LogP contribution in [0.1, 0.15) is 45.3 Å². The second-order valence-electron chi connectivity index (χ2n) is 5.38. The molecule has 0 amide bonds. The van der Waals surface area contributed by atoms with E-state index >= 15 is 0 Å². The molecule has 2 aromatic rings. The highest BCUT2D eigenvalue weighted by Gasteiger charge is 2.15. The Morgan fingerprint density at radius 3 is 1.89 bits per heavy atom. The summed E-state index contributed by atoms with van der Waals surface area (Å²) in [6.45, 7) is 10.1. The van der Waals surface area contributed by atoms with E-state index in [2.05, 4.69) is 31.0 Å². The molecule has 2 nitrogen and oxygen atoms in total. The van der Waals surface area contributed by atoms with Gasteiger partial charge in [-0.15, -0.1) is 0 Å². The number of aliphatic hydroxyl groups is 1. The maximum absolute atomic E-state index is 10.6. The molecule has 1 N–H and O–H groups in total. The van der Waals surface area contributed by atoms with Gasteiger partial charge in [-0.3, -0.25) is 4.98 Å². The third kappa shape index (κ3) is 2.85. The Labute approximate surface area is 115 Å². The summed E-state index contributed by atoms with van der Waals surface area (Å²) in [5.74, 6) is 0. The highest BCUT2D eigenvalue weighted by atomic mass is 16.3. The molecule has 1 aromatic heterocycles. The van der Waals surface area contributed by atoms with Crippen molar-refractivity contribution in [1.29, 1.82) is 0 Å². The molecule has 0 radical (unpaired) electrons. The zero-order valence-electron chi connectivity index (χ0n) is 12.3. The molecule has 19 heavy (non-hydrogen) atoms. The number of benzene rings is 1. The fourth-order valence-electron chi connectivity index (χ4n) is 2.48. The van der Waals surface area contributed by atoms with Crippen LogP contribution in [0.25, 0.3) is 0 Å². The summed E-state index contributed by atoms with van der Waals surface area (Å²) in [5.41, 5.74) is 7.37. The lowest BCUT2D eigenvalue weighted by molar-refractivity contribution is 0.219. The van der Waals surface area contributed by atoms with Gasteiger partial charge in [0.1, 0.15) is 6.10 Å². The number of aliphatic hydroxyl groups excluding tert-OH is 1. The number of nitrogens with zero attached hydrogens (tertiary/aromatic N) is 1. The van der Waals surface area contributed by atoms with Gasteiger partial charge in [0, 0.05) is 11.4 Å². The Kier molecular flexibility index (Phi) is 3.72. The largest absolute Gasteiger partial charge is 0.384 e. The van der Waals surface area contributed by atoms with Crippen molar-refractivity contribution in [2.75, 3.05) is 0 Å². The average Bonchev–Trinajstić information content (AvgIpc) is 2.31. The van der Waals surface area contributed by atoms with Gasteiger partial charge in [-0.1, -0.05) is 12.1 Å². The lowest BCUT2D eigenvalue weighted by Gasteiger charge is -2.17. The van der Waals surface area contributed by atoms with Gasteiger partial charge in [0.05, 0.1) is 0 Å². The van der Waals surface area contributed by atoms with Gasteiger partial charge >= 0.3 is 0 Å². The van der Waals surface area contributed by atoms with Crippen LogP contribution < -0.4 is 0 Å². The van der Waals surface area contributed by atoms with Crippen LogP contribution in [0.2, 0.25) is 0 Å². The number of hydrogen-bond donors (Lipinski definition) is 1. The van der Waals surface area contributed by atoms with Crippen molar-refractivity contribution in [3.63, 3.8) is 0 Å². The Hall–Kier alpha value is -1.67. The van der Waals surface area contributed by atoms with Crippen molar-refractivity contribution < 1.29 is 5.11 Å². The highest BCUT2D eigenvalue weighted by molar-refractivity contribution is 5.41. The number of aromatic nitrogens is 1. The second kappa shape index (κ2) is 5.14. The van der Waals surface area contributed by atoms with E-state index < -0.39 is 6.10 Å². The lowest BCUT2D eigenvalue weighted by Crippen LogP contribution is -2.05. The van der Waals surface area contributed by atoms with E-state index in [0.29, 0.717) is 0 Å². The van der Waals surface area contributed by atoms with Gasteiger partial charge in [-0.25, -0.2) is 0 Å². The van der Waals surface area contributed by atoms with Gasteiger partial charge in [0.25, 0.3) is 0 Å². The zero-order valence-corrected chi connectivity index (χ0v) is 12.3. The Morgan fingerprint density at radius 2 is 1.32 bits per heavy atom. The monoisotopic (exact) mass is 255 g/mol. The molecule has 0 fully saturated rings. The molecule has 0 bridgehead atoms. The van der Waals surface area contributed by atoms with Crippen LogP contribution >= 0.6 is 0 Å². The molecule has 0 saturated carbocycles. The molecule has 0 spiro atoms. The van der Waals surface area contributed by atoms with Crippen LogP contribution in [0, 0.1) is 34.6 Å². The minimum Gasteiger partial charge on any atom is -0.384 e. The SMILES string of the molecule is Cc1cc(C(O)c2cc(C)c(C)cc2C)cc(C)n1. The standard InChI is InChI=1S/C17H21NO/c1-10-6-12(3)16(7-11(10)2)17(19)15-8-13(4)18-14(5)9-15/h6-9,17,19H,1-5H3. The molecule has 0 aliphatic rings. The van der Waals surface area contributed by atoms with Gasteiger partial charge in [-0.2, -0.15) is 0 Å². The number of hydrogen-bond acceptors (Lipinski definition) is 2. The first-order valence-electron chi connectivity index (χ1n) is 6.59. The minimum atomic E-state index is -0.584. The number of rotatable bonds is 2. The van der Waals surface area contributed by atoms with E-state index in [1.165, 1.54) is 11.1 Å². The molecule has 1 heterocycles. The van der Waals surface area contributed by atoms with E-state index in [-0.39, 0.29) is 0 Å². The first-order chi connectivity index (χ1) is 8.88. The van der Waals surface area contributed by atoms with Crippen LogP contribution in [0.15, 0.2) is 24.3 Å². The molecule has 1 unspecified atom stereocenters. The second-order valence-corrected chi connectivity index (χ2v) is 5.38. The van der Waals surface area contributed by atoms with E-state index in [4.69, 9.17) is 0 Å². The summed E-state index contributed by atoms with van der Waals surface area (Å²) >= 11 is 0. The number of aryl methyl sites for hydroxylation is 5. The van der Waals surface area contributed by atoms with E-state index in [1.807, 2.05) is 32.9 Å². The molecule has 0 aliphatic carbocycles. The van der Waals surface area contributed by atoms with E-state index in [9.17, 15) is 5.11 Å². The lowest BCUT2D eigenvalue weighted by atomic mass is 9.93. The zero-order chi connectivity index (χ0) is 14.2. The van der Waals surface area contributed by atoms with Crippen molar-refractivity contribution in [2.45, 2.75) is 40.7 Å². The Balaban J connectivity index is 2.49. The molecular formula is C17H21NO. The fraction of sp³-hybridized carbons (Fsp3) is 0.353. The fourth-order valence-corrected chi connectivity index (χ4v) is 2.48.